The molecule has 0 aliphatic carbocycles. The van der Waals surface area contributed by atoms with Crippen molar-refractivity contribution in [3.8, 4) is 0 Å². The fourth-order valence-electron chi connectivity index (χ4n) is 4.25. The summed E-state index contributed by atoms with van der Waals surface area (Å²) in [7, 11) is -6.99. The summed E-state index contributed by atoms with van der Waals surface area (Å²) in [6.45, 7) is 0.640. The van der Waals surface area contributed by atoms with Crippen LogP contribution in [0.4, 0.5) is 5.69 Å². The third-order valence-corrected chi connectivity index (χ3v) is 8.30. The van der Waals surface area contributed by atoms with E-state index in [9.17, 15) is 21.6 Å². The summed E-state index contributed by atoms with van der Waals surface area (Å²) in [4.78, 5) is 16.5. The van der Waals surface area contributed by atoms with Crippen molar-refractivity contribution in [1.82, 2.24) is 4.90 Å². The maximum absolute atomic E-state index is 12.9. The summed E-state index contributed by atoms with van der Waals surface area (Å²) in [5.41, 5.74) is 1.60. The number of nitrogens with zero attached hydrogens (tertiary/aromatic N) is 2. The molecule has 0 bridgehead atoms. The van der Waals surface area contributed by atoms with Gasteiger partial charge in [-0.15, -0.1) is 0 Å². The lowest BCUT2D eigenvalue weighted by atomic mass is 10.0. The van der Waals surface area contributed by atoms with E-state index in [1.54, 1.807) is 17.0 Å². The first-order valence-electron chi connectivity index (χ1n) is 9.57. The molecule has 0 unspecified atom stereocenters. The lowest BCUT2D eigenvalue weighted by Gasteiger charge is -2.43. The van der Waals surface area contributed by atoms with E-state index in [1.165, 1.54) is 12.1 Å². The molecule has 2 aliphatic heterocycles. The Balaban J connectivity index is 1.53. The van der Waals surface area contributed by atoms with Crippen molar-refractivity contribution in [2.24, 2.45) is 5.14 Å². The zero-order valence-electron chi connectivity index (χ0n) is 16.2. The van der Waals surface area contributed by atoms with Gasteiger partial charge in [0.2, 0.25) is 15.9 Å². The average Bonchev–Trinajstić information content (AvgIpc) is 3.01. The van der Waals surface area contributed by atoms with Crippen molar-refractivity contribution < 1.29 is 21.6 Å². The molecule has 10 heteroatoms. The van der Waals surface area contributed by atoms with Gasteiger partial charge < -0.3 is 4.90 Å². The molecule has 0 spiro atoms. The predicted molar refractivity (Wildman–Crippen MR) is 113 cm³/mol. The van der Waals surface area contributed by atoms with Gasteiger partial charge in [-0.3, -0.25) is 9.69 Å². The quantitative estimate of drug-likeness (QED) is 0.706. The molecule has 4 rings (SSSR count). The normalized spacial score (nSPS) is 24.0. The van der Waals surface area contributed by atoms with Crippen LogP contribution in [0.3, 0.4) is 0 Å². The molecule has 30 heavy (non-hydrogen) atoms. The molecule has 2 aromatic rings. The average molecular weight is 450 g/mol. The van der Waals surface area contributed by atoms with Crippen LogP contribution in [0.2, 0.25) is 0 Å². The smallest absolute Gasteiger partial charge is 0.241 e. The van der Waals surface area contributed by atoms with Crippen molar-refractivity contribution in [1.29, 1.82) is 0 Å². The van der Waals surface area contributed by atoms with E-state index in [1.807, 2.05) is 35.2 Å². The number of para-hydroxylation sites is 1. The molecule has 2 N–H and O–H groups in total. The van der Waals surface area contributed by atoms with E-state index >= 15 is 0 Å². The summed E-state index contributed by atoms with van der Waals surface area (Å²) in [5, 5.41) is 5.12. The molecular weight excluding hydrogens is 426 g/mol. The van der Waals surface area contributed by atoms with Crippen molar-refractivity contribution >= 4 is 31.5 Å². The Bertz CT molecular complexity index is 1150. The number of primary sulfonamides is 1. The standard InChI is InChI=1S/C20H23N3O5S2/c21-30(27,28)17-8-6-15(7-9-17)10-11-22-12-20(24)23(16-4-2-1-3-5-16)19-14-29(25,26)13-18(19)22/h1-9,18-19H,10-14H2,(H2,21,27,28)/t18-,19-/m0/s1. The fourth-order valence-corrected chi connectivity index (χ4v) is 6.74. The number of sulfonamides is 1. The molecule has 2 fully saturated rings. The van der Waals surface area contributed by atoms with E-state index in [4.69, 9.17) is 5.14 Å². The van der Waals surface area contributed by atoms with E-state index in [-0.39, 0.29) is 34.9 Å². The van der Waals surface area contributed by atoms with Crippen LogP contribution < -0.4 is 10.0 Å². The number of hydrogen-bond donors (Lipinski definition) is 1. The first-order chi connectivity index (χ1) is 14.1. The lowest BCUT2D eigenvalue weighted by Crippen LogP contribution is -2.62. The minimum Gasteiger partial charge on any atom is -0.306 e. The van der Waals surface area contributed by atoms with E-state index in [0.29, 0.717) is 18.7 Å². The maximum atomic E-state index is 12.9. The number of hydrogen-bond acceptors (Lipinski definition) is 6. The molecule has 2 aliphatic rings. The molecule has 8 nitrogen and oxygen atoms in total. The minimum atomic E-state index is -3.75. The second-order valence-corrected chi connectivity index (χ2v) is 11.4. The highest BCUT2D eigenvalue weighted by molar-refractivity contribution is 7.91. The van der Waals surface area contributed by atoms with E-state index in [2.05, 4.69) is 0 Å². The molecule has 2 heterocycles. The van der Waals surface area contributed by atoms with Gasteiger partial charge >= 0.3 is 0 Å². The molecule has 1 amide bonds. The van der Waals surface area contributed by atoms with Gasteiger partial charge in [0.05, 0.1) is 29.0 Å². The fraction of sp³-hybridized carbons (Fsp3) is 0.350. The van der Waals surface area contributed by atoms with Crippen LogP contribution in [0, 0.1) is 0 Å². The van der Waals surface area contributed by atoms with Gasteiger partial charge in [-0.2, -0.15) is 0 Å². The van der Waals surface area contributed by atoms with Gasteiger partial charge in [-0.25, -0.2) is 22.0 Å². The molecule has 160 valence electrons. The SMILES string of the molecule is NS(=O)(=O)c1ccc(CCN2CC(=O)N(c3ccccc3)[C@H]3CS(=O)(=O)C[C@@H]32)cc1. The van der Waals surface area contributed by atoms with Crippen LogP contribution >= 0.6 is 0 Å². The summed E-state index contributed by atoms with van der Waals surface area (Å²) in [6.07, 6.45) is 0.562. The van der Waals surface area contributed by atoms with Gasteiger partial charge in [0.15, 0.2) is 9.84 Å². The van der Waals surface area contributed by atoms with Crippen molar-refractivity contribution in [2.75, 3.05) is 29.5 Å². The number of nitrogens with two attached hydrogens (primary N) is 1. The lowest BCUT2D eigenvalue weighted by molar-refractivity contribution is -0.123. The van der Waals surface area contributed by atoms with Crippen LogP contribution in [0.15, 0.2) is 59.5 Å². The number of carbonyl (C=O) groups excluding carboxylic acids is 1. The highest BCUT2D eigenvalue weighted by Gasteiger charge is 2.49. The summed E-state index contributed by atoms with van der Waals surface area (Å²) < 4.78 is 47.6. The largest absolute Gasteiger partial charge is 0.306 e. The molecule has 0 aromatic heterocycles. The predicted octanol–water partition coefficient (Wildman–Crippen LogP) is 0.391. The maximum Gasteiger partial charge on any atom is 0.241 e. The zero-order valence-corrected chi connectivity index (χ0v) is 17.8. The topological polar surface area (TPSA) is 118 Å². The molecule has 0 saturated carbocycles. The van der Waals surface area contributed by atoms with Crippen LogP contribution in [0.1, 0.15) is 5.56 Å². The number of sulfone groups is 1. The van der Waals surface area contributed by atoms with E-state index in [0.717, 1.165) is 5.56 Å². The summed E-state index contributed by atoms with van der Waals surface area (Å²) in [6, 6.07) is 14.8. The number of benzene rings is 2. The van der Waals surface area contributed by atoms with Gasteiger partial charge in [0.25, 0.3) is 0 Å². The monoisotopic (exact) mass is 449 g/mol. The van der Waals surface area contributed by atoms with E-state index < -0.39 is 25.9 Å². The third kappa shape index (κ3) is 4.27. The second kappa shape index (κ2) is 7.77. The Morgan fingerprint density at radius 1 is 0.967 bits per heavy atom. The number of amides is 1. The Labute approximate surface area is 176 Å². The minimum absolute atomic E-state index is 0.0264. The van der Waals surface area contributed by atoms with Crippen LogP contribution in [-0.4, -0.2) is 64.3 Å². The van der Waals surface area contributed by atoms with Crippen molar-refractivity contribution in [3.63, 3.8) is 0 Å². The zero-order chi connectivity index (χ0) is 21.5. The van der Waals surface area contributed by atoms with Crippen LogP contribution in [-0.2, 0) is 31.1 Å². The number of piperazine rings is 1. The number of fused-ring (bicyclic) bond motifs is 1. The van der Waals surface area contributed by atoms with Gasteiger partial charge in [0.1, 0.15) is 0 Å². The molecule has 0 radical (unpaired) electrons. The van der Waals surface area contributed by atoms with Crippen molar-refractivity contribution in [2.45, 2.75) is 23.4 Å². The Morgan fingerprint density at radius 2 is 1.60 bits per heavy atom. The number of carbonyl (C=O) groups is 1. The molecule has 2 atom stereocenters. The first kappa shape index (κ1) is 21.0. The summed E-state index contributed by atoms with van der Waals surface area (Å²) >= 11 is 0. The van der Waals surface area contributed by atoms with Gasteiger partial charge in [-0.1, -0.05) is 30.3 Å². The Kier molecular flexibility index (Phi) is 5.43. The molecular formula is C20H23N3O5S2. The Morgan fingerprint density at radius 3 is 2.23 bits per heavy atom. The van der Waals surface area contributed by atoms with Gasteiger partial charge in [0, 0.05) is 18.3 Å². The van der Waals surface area contributed by atoms with Crippen LogP contribution in [0.5, 0.6) is 0 Å². The summed E-state index contributed by atoms with van der Waals surface area (Å²) in [5.74, 6) is -0.139. The van der Waals surface area contributed by atoms with Gasteiger partial charge in [-0.05, 0) is 36.2 Å². The van der Waals surface area contributed by atoms with Crippen molar-refractivity contribution in [3.05, 3.63) is 60.2 Å². The third-order valence-electron chi connectivity index (χ3n) is 5.68. The second-order valence-electron chi connectivity index (χ2n) is 7.72. The Hall–Kier alpha value is -2.27. The van der Waals surface area contributed by atoms with Crippen LogP contribution in [0.25, 0.3) is 0 Å². The molecule has 2 aromatic carbocycles. The highest BCUT2D eigenvalue weighted by Crippen LogP contribution is 2.31. The number of rotatable bonds is 5. The number of anilines is 1. The first-order valence-corrected chi connectivity index (χ1v) is 12.9. The highest BCUT2D eigenvalue weighted by atomic mass is 32.2. The molecule has 2 saturated heterocycles.